The predicted molar refractivity (Wildman–Crippen MR) is 70.0 cm³/mol. The highest BCUT2D eigenvalue weighted by atomic mass is 16.6. The van der Waals surface area contributed by atoms with Gasteiger partial charge in [-0.15, -0.1) is 0 Å². The summed E-state index contributed by atoms with van der Waals surface area (Å²) < 4.78 is 5.15. The summed E-state index contributed by atoms with van der Waals surface area (Å²) in [4.78, 5) is 23.0. The zero-order chi connectivity index (χ0) is 13.8. The lowest BCUT2D eigenvalue weighted by Crippen LogP contribution is -2.31. The molecule has 0 aromatic rings. The van der Waals surface area contributed by atoms with E-state index in [0.29, 0.717) is 5.41 Å². The van der Waals surface area contributed by atoms with E-state index in [9.17, 15) is 9.59 Å². The molecule has 0 saturated heterocycles. The van der Waals surface area contributed by atoms with Crippen molar-refractivity contribution in [1.29, 1.82) is 0 Å². The molecular weight excluding hydrogens is 230 g/mol. The molecule has 1 saturated carbocycles. The Morgan fingerprint density at radius 3 is 2.28 bits per heavy atom. The van der Waals surface area contributed by atoms with Gasteiger partial charge in [-0.05, 0) is 45.4 Å². The molecule has 18 heavy (non-hydrogen) atoms. The minimum Gasteiger partial charge on any atom is -0.460 e. The van der Waals surface area contributed by atoms with Crippen LogP contribution in [0, 0.1) is 5.41 Å². The molecule has 1 aliphatic carbocycles. The van der Waals surface area contributed by atoms with Crippen molar-refractivity contribution in [3.63, 3.8) is 0 Å². The second kappa shape index (κ2) is 5.72. The lowest BCUT2D eigenvalue weighted by molar-refractivity contribution is -0.155. The van der Waals surface area contributed by atoms with Crippen molar-refractivity contribution < 1.29 is 14.3 Å². The number of nitrogens with one attached hydrogen (secondary N) is 1. The van der Waals surface area contributed by atoms with E-state index in [1.165, 1.54) is 12.8 Å². The Labute approximate surface area is 109 Å². The average Bonchev–Trinajstić information content (AvgIpc) is 3.02. The summed E-state index contributed by atoms with van der Waals surface area (Å²) in [7, 11) is 0. The first-order valence-corrected chi connectivity index (χ1v) is 6.75. The van der Waals surface area contributed by atoms with E-state index in [4.69, 9.17) is 4.74 Å². The number of carbonyl (C=O) groups is 2. The van der Waals surface area contributed by atoms with Crippen LogP contribution in [0.1, 0.15) is 59.8 Å². The molecule has 0 unspecified atom stereocenters. The van der Waals surface area contributed by atoms with Gasteiger partial charge in [0.25, 0.3) is 0 Å². The summed E-state index contributed by atoms with van der Waals surface area (Å²) >= 11 is 0. The standard InChI is InChI=1S/C14H25NO3/c1-5-14(8-9-14)10-15-11(16)6-7-12(17)18-13(2,3)4/h5-10H2,1-4H3,(H,15,16). The normalized spacial score (nSPS) is 17.1. The van der Waals surface area contributed by atoms with Gasteiger partial charge in [0.2, 0.25) is 5.91 Å². The number of hydrogen-bond acceptors (Lipinski definition) is 3. The zero-order valence-corrected chi connectivity index (χ0v) is 12.0. The molecule has 0 radical (unpaired) electrons. The van der Waals surface area contributed by atoms with Gasteiger partial charge in [0.05, 0.1) is 6.42 Å². The van der Waals surface area contributed by atoms with E-state index in [1.54, 1.807) is 0 Å². The Bertz CT molecular complexity index is 313. The molecule has 1 N–H and O–H groups in total. The van der Waals surface area contributed by atoms with Crippen LogP contribution in [0.25, 0.3) is 0 Å². The number of ether oxygens (including phenoxy) is 1. The summed E-state index contributed by atoms with van der Waals surface area (Å²) in [5, 5.41) is 2.91. The molecule has 1 amide bonds. The van der Waals surface area contributed by atoms with Crippen LogP contribution in [-0.2, 0) is 14.3 Å². The molecule has 1 aliphatic rings. The molecule has 0 atom stereocenters. The average molecular weight is 255 g/mol. The summed E-state index contributed by atoms with van der Waals surface area (Å²) in [6, 6.07) is 0. The minimum absolute atomic E-state index is 0.0550. The maximum Gasteiger partial charge on any atom is 0.306 e. The molecule has 104 valence electrons. The predicted octanol–water partition coefficient (Wildman–Crippen LogP) is 2.41. The Morgan fingerprint density at radius 2 is 1.83 bits per heavy atom. The van der Waals surface area contributed by atoms with E-state index in [0.717, 1.165) is 13.0 Å². The van der Waals surface area contributed by atoms with Crippen molar-refractivity contribution in [2.75, 3.05) is 6.54 Å². The lowest BCUT2D eigenvalue weighted by Gasteiger charge is -2.19. The van der Waals surface area contributed by atoms with Crippen LogP contribution in [0.5, 0.6) is 0 Å². The van der Waals surface area contributed by atoms with Gasteiger partial charge in [-0.1, -0.05) is 6.92 Å². The molecule has 0 bridgehead atoms. The third-order valence-corrected chi connectivity index (χ3v) is 3.34. The van der Waals surface area contributed by atoms with Crippen molar-refractivity contribution in [2.45, 2.75) is 65.4 Å². The van der Waals surface area contributed by atoms with Crippen molar-refractivity contribution in [3.8, 4) is 0 Å². The van der Waals surface area contributed by atoms with E-state index in [2.05, 4.69) is 12.2 Å². The zero-order valence-electron chi connectivity index (χ0n) is 12.0. The fourth-order valence-electron chi connectivity index (χ4n) is 1.81. The number of carbonyl (C=O) groups excluding carboxylic acids is 2. The number of rotatable bonds is 6. The Kier molecular flexibility index (Phi) is 4.77. The largest absolute Gasteiger partial charge is 0.460 e. The first kappa shape index (κ1) is 15.0. The van der Waals surface area contributed by atoms with Crippen molar-refractivity contribution >= 4 is 11.9 Å². The number of hydrogen-bond donors (Lipinski definition) is 1. The summed E-state index contributed by atoms with van der Waals surface area (Å²) in [5.41, 5.74) is -0.130. The highest BCUT2D eigenvalue weighted by Gasteiger charge is 2.40. The van der Waals surface area contributed by atoms with Crippen molar-refractivity contribution in [1.82, 2.24) is 5.32 Å². The van der Waals surface area contributed by atoms with Gasteiger partial charge in [-0.25, -0.2) is 0 Å². The Morgan fingerprint density at radius 1 is 1.22 bits per heavy atom. The van der Waals surface area contributed by atoms with Crippen LogP contribution in [0.2, 0.25) is 0 Å². The molecule has 4 nitrogen and oxygen atoms in total. The van der Waals surface area contributed by atoms with E-state index >= 15 is 0 Å². The monoisotopic (exact) mass is 255 g/mol. The third kappa shape index (κ3) is 5.52. The first-order chi connectivity index (χ1) is 8.26. The van der Waals surface area contributed by atoms with Crippen molar-refractivity contribution in [2.24, 2.45) is 5.41 Å². The van der Waals surface area contributed by atoms with Crippen LogP contribution in [0.15, 0.2) is 0 Å². The highest BCUT2D eigenvalue weighted by molar-refractivity contribution is 5.81. The number of amides is 1. The van der Waals surface area contributed by atoms with Gasteiger partial charge in [0.1, 0.15) is 5.60 Å². The minimum atomic E-state index is -0.478. The third-order valence-electron chi connectivity index (χ3n) is 3.34. The van der Waals surface area contributed by atoms with E-state index in [1.807, 2.05) is 20.8 Å². The van der Waals surface area contributed by atoms with Crippen LogP contribution in [0.4, 0.5) is 0 Å². The van der Waals surface area contributed by atoms with E-state index < -0.39 is 5.60 Å². The SMILES string of the molecule is CCC1(CNC(=O)CCC(=O)OC(C)(C)C)CC1. The highest BCUT2D eigenvalue weighted by Crippen LogP contribution is 2.47. The molecule has 0 aliphatic heterocycles. The second-order valence-corrected chi connectivity index (χ2v) is 6.22. The second-order valence-electron chi connectivity index (χ2n) is 6.22. The maximum absolute atomic E-state index is 11.6. The Balaban J connectivity index is 2.15. The van der Waals surface area contributed by atoms with Gasteiger partial charge in [0.15, 0.2) is 0 Å². The lowest BCUT2D eigenvalue weighted by atomic mass is 10.0. The van der Waals surface area contributed by atoms with Gasteiger partial charge < -0.3 is 10.1 Å². The van der Waals surface area contributed by atoms with Crippen LogP contribution in [-0.4, -0.2) is 24.0 Å². The molecule has 0 aromatic carbocycles. The van der Waals surface area contributed by atoms with Gasteiger partial charge in [-0.2, -0.15) is 0 Å². The van der Waals surface area contributed by atoms with Crippen LogP contribution < -0.4 is 5.32 Å². The molecule has 0 aromatic heterocycles. The maximum atomic E-state index is 11.6. The topological polar surface area (TPSA) is 55.4 Å². The number of esters is 1. The fourth-order valence-corrected chi connectivity index (χ4v) is 1.81. The van der Waals surface area contributed by atoms with Gasteiger partial charge >= 0.3 is 5.97 Å². The summed E-state index contributed by atoms with van der Waals surface area (Å²) in [5.74, 6) is -0.366. The molecule has 0 spiro atoms. The smallest absolute Gasteiger partial charge is 0.306 e. The summed E-state index contributed by atoms with van der Waals surface area (Å²) in [6.45, 7) is 8.37. The fraction of sp³-hybridized carbons (Fsp3) is 0.857. The van der Waals surface area contributed by atoms with E-state index in [-0.39, 0.29) is 24.7 Å². The van der Waals surface area contributed by atoms with Gasteiger partial charge in [-0.3, -0.25) is 9.59 Å². The molecule has 1 fully saturated rings. The molecular formula is C14H25NO3. The van der Waals surface area contributed by atoms with Gasteiger partial charge in [0, 0.05) is 13.0 Å². The first-order valence-electron chi connectivity index (χ1n) is 6.75. The van der Waals surface area contributed by atoms with Crippen LogP contribution >= 0.6 is 0 Å². The van der Waals surface area contributed by atoms with Crippen LogP contribution in [0.3, 0.4) is 0 Å². The quantitative estimate of drug-likeness (QED) is 0.742. The molecule has 0 heterocycles. The molecule has 4 heteroatoms. The molecule has 1 rings (SSSR count). The van der Waals surface area contributed by atoms with Crippen molar-refractivity contribution in [3.05, 3.63) is 0 Å². The summed E-state index contributed by atoms with van der Waals surface area (Å²) in [6.07, 6.45) is 3.89. The Hall–Kier alpha value is -1.06.